The van der Waals surface area contributed by atoms with Crippen molar-refractivity contribution in [3.63, 3.8) is 0 Å². The Balaban J connectivity index is 2.53. The Morgan fingerprint density at radius 2 is 1.84 bits per heavy atom. The summed E-state index contributed by atoms with van der Waals surface area (Å²) in [7, 11) is 1.83. The van der Waals surface area contributed by atoms with Crippen LogP contribution in [0.3, 0.4) is 0 Å². The first-order chi connectivity index (χ1) is 9.04. The summed E-state index contributed by atoms with van der Waals surface area (Å²) in [5, 5.41) is 3.59. The van der Waals surface area contributed by atoms with Crippen LogP contribution in [0.15, 0.2) is 36.4 Å². The molecule has 1 N–H and O–H groups in total. The van der Waals surface area contributed by atoms with Crippen molar-refractivity contribution in [1.82, 2.24) is 5.32 Å². The second-order valence-electron chi connectivity index (χ2n) is 4.68. The highest BCUT2D eigenvalue weighted by atomic mass is 35.5. The van der Waals surface area contributed by atoms with Gasteiger partial charge in [0.2, 0.25) is 0 Å². The number of hydrogen-bond acceptors (Lipinski definition) is 1. The molecule has 100 valence electrons. The molecule has 19 heavy (non-hydrogen) atoms. The Labute approximate surface area is 118 Å². The molecule has 0 bridgehead atoms. The van der Waals surface area contributed by atoms with Crippen LogP contribution in [0.2, 0.25) is 5.02 Å². The smallest absolute Gasteiger partial charge is 0.129 e. The van der Waals surface area contributed by atoms with Crippen molar-refractivity contribution in [2.24, 2.45) is 0 Å². The molecule has 2 aromatic carbocycles. The van der Waals surface area contributed by atoms with Crippen LogP contribution in [0, 0.1) is 19.7 Å². The topological polar surface area (TPSA) is 12.0 Å². The third-order valence-corrected chi connectivity index (χ3v) is 3.75. The molecule has 3 heteroatoms. The molecule has 1 nitrogen and oxygen atoms in total. The van der Waals surface area contributed by atoms with Crippen molar-refractivity contribution in [3.05, 3.63) is 69.5 Å². The van der Waals surface area contributed by atoms with E-state index < -0.39 is 0 Å². The van der Waals surface area contributed by atoms with E-state index in [-0.39, 0.29) is 11.9 Å². The molecule has 2 rings (SSSR count). The minimum absolute atomic E-state index is 0.169. The first kappa shape index (κ1) is 14.0. The van der Waals surface area contributed by atoms with Crippen LogP contribution in [0.25, 0.3) is 0 Å². The molecule has 0 heterocycles. The Morgan fingerprint density at radius 3 is 2.47 bits per heavy atom. The molecule has 2 aromatic rings. The Morgan fingerprint density at radius 1 is 1.11 bits per heavy atom. The molecule has 0 spiro atoms. The number of rotatable bonds is 3. The molecule has 0 saturated carbocycles. The van der Waals surface area contributed by atoms with E-state index in [1.807, 2.05) is 19.2 Å². The maximum atomic E-state index is 14.1. The zero-order valence-electron chi connectivity index (χ0n) is 11.3. The highest BCUT2D eigenvalue weighted by Crippen LogP contribution is 2.29. The van der Waals surface area contributed by atoms with E-state index in [1.54, 1.807) is 12.1 Å². The van der Waals surface area contributed by atoms with Crippen LogP contribution in [0.1, 0.15) is 28.3 Å². The zero-order valence-corrected chi connectivity index (χ0v) is 12.1. The van der Waals surface area contributed by atoms with Gasteiger partial charge in [-0.05, 0) is 49.7 Å². The van der Waals surface area contributed by atoms with Crippen LogP contribution < -0.4 is 5.32 Å². The van der Waals surface area contributed by atoms with Crippen molar-refractivity contribution in [2.45, 2.75) is 19.9 Å². The van der Waals surface area contributed by atoms with Crippen LogP contribution >= 0.6 is 11.6 Å². The van der Waals surface area contributed by atoms with Gasteiger partial charge in [-0.2, -0.15) is 0 Å². The Bertz CT molecular complexity index is 595. The predicted molar refractivity (Wildman–Crippen MR) is 78.2 cm³/mol. The molecule has 0 aliphatic carbocycles. The van der Waals surface area contributed by atoms with Gasteiger partial charge in [0.15, 0.2) is 0 Å². The second kappa shape index (κ2) is 5.72. The monoisotopic (exact) mass is 277 g/mol. The van der Waals surface area contributed by atoms with Gasteiger partial charge >= 0.3 is 0 Å². The molecule has 1 unspecified atom stereocenters. The molecule has 0 radical (unpaired) electrons. The Hall–Kier alpha value is -1.38. The minimum atomic E-state index is -0.284. The molecule has 0 aliphatic heterocycles. The summed E-state index contributed by atoms with van der Waals surface area (Å²) >= 11 is 5.81. The largest absolute Gasteiger partial charge is 0.309 e. The highest BCUT2D eigenvalue weighted by molar-refractivity contribution is 6.30. The minimum Gasteiger partial charge on any atom is -0.309 e. The third kappa shape index (κ3) is 2.80. The predicted octanol–water partition coefficient (Wildman–Crippen LogP) is 4.40. The van der Waals surface area contributed by atoms with Gasteiger partial charge in [0.25, 0.3) is 0 Å². The lowest BCUT2D eigenvalue weighted by molar-refractivity contribution is 0.575. The lowest BCUT2D eigenvalue weighted by atomic mass is 9.92. The number of benzene rings is 2. The van der Waals surface area contributed by atoms with Gasteiger partial charge in [0.05, 0.1) is 6.04 Å². The summed E-state index contributed by atoms with van der Waals surface area (Å²) in [6.45, 7) is 4.12. The van der Waals surface area contributed by atoms with E-state index in [0.29, 0.717) is 10.6 Å². The first-order valence-electron chi connectivity index (χ1n) is 6.23. The molecule has 0 aliphatic rings. The van der Waals surface area contributed by atoms with Crippen LogP contribution in [-0.4, -0.2) is 7.05 Å². The molecule has 0 fully saturated rings. The molecular formula is C16H17ClFN. The van der Waals surface area contributed by atoms with Crippen LogP contribution in [0.5, 0.6) is 0 Å². The SMILES string of the molecule is CNC(c1ccc(Cl)cc1F)c1cccc(C)c1C. The highest BCUT2D eigenvalue weighted by Gasteiger charge is 2.18. The average molecular weight is 278 g/mol. The van der Waals surface area contributed by atoms with Gasteiger partial charge in [-0.1, -0.05) is 35.9 Å². The molecule has 0 aromatic heterocycles. The summed E-state index contributed by atoms with van der Waals surface area (Å²) in [6, 6.07) is 10.7. The number of nitrogens with one attached hydrogen (secondary N) is 1. The van der Waals surface area contributed by atoms with Gasteiger partial charge in [-0.15, -0.1) is 0 Å². The average Bonchev–Trinajstić information content (AvgIpc) is 2.37. The molecular weight excluding hydrogens is 261 g/mol. The van der Waals surface area contributed by atoms with Crippen molar-refractivity contribution in [3.8, 4) is 0 Å². The maximum absolute atomic E-state index is 14.1. The summed E-state index contributed by atoms with van der Waals surface area (Å²) in [4.78, 5) is 0. The lowest BCUT2D eigenvalue weighted by Gasteiger charge is -2.21. The third-order valence-electron chi connectivity index (χ3n) is 3.52. The van der Waals surface area contributed by atoms with E-state index in [1.165, 1.54) is 17.2 Å². The van der Waals surface area contributed by atoms with Crippen molar-refractivity contribution < 1.29 is 4.39 Å². The summed E-state index contributed by atoms with van der Waals surface area (Å²) in [5.74, 6) is -0.284. The van der Waals surface area contributed by atoms with Gasteiger partial charge in [0, 0.05) is 10.6 Å². The van der Waals surface area contributed by atoms with E-state index in [0.717, 1.165) is 5.56 Å². The summed E-state index contributed by atoms with van der Waals surface area (Å²) in [5.41, 5.74) is 4.08. The van der Waals surface area contributed by atoms with E-state index in [9.17, 15) is 4.39 Å². The van der Waals surface area contributed by atoms with E-state index in [4.69, 9.17) is 11.6 Å². The molecule has 0 saturated heterocycles. The first-order valence-corrected chi connectivity index (χ1v) is 6.60. The summed E-state index contributed by atoms with van der Waals surface area (Å²) in [6.07, 6.45) is 0. The standard InChI is InChI=1S/C16H17ClFN/c1-10-5-4-6-13(11(10)2)16(19-3)14-8-7-12(17)9-15(14)18/h4-9,16,19H,1-3H3. The second-order valence-corrected chi connectivity index (χ2v) is 5.11. The summed E-state index contributed by atoms with van der Waals surface area (Å²) < 4.78 is 14.1. The number of aryl methyl sites for hydroxylation is 1. The van der Waals surface area contributed by atoms with Gasteiger partial charge in [-0.3, -0.25) is 0 Å². The fraction of sp³-hybridized carbons (Fsp3) is 0.250. The quantitative estimate of drug-likeness (QED) is 0.876. The van der Waals surface area contributed by atoms with Gasteiger partial charge in [0.1, 0.15) is 5.82 Å². The molecule has 1 atom stereocenters. The lowest BCUT2D eigenvalue weighted by Crippen LogP contribution is -2.20. The maximum Gasteiger partial charge on any atom is 0.129 e. The fourth-order valence-corrected chi connectivity index (χ4v) is 2.46. The number of halogens is 2. The normalized spacial score (nSPS) is 12.5. The van der Waals surface area contributed by atoms with E-state index >= 15 is 0 Å². The van der Waals surface area contributed by atoms with Gasteiger partial charge < -0.3 is 5.32 Å². The fourth-order valence-electron chi connectivity index (χ4n) is 2.30. The Kier molecular flexibility index (Phi) is 4.23. The van der Waals surface area contributed by atoms with Crippen LogP contribution in [0.4, 0.5) is 4.39 Å². The number of hydrogen-bond donors (Lipinski definition) is 1. The van der Waals surface area contributed by atoms with Crippen molar-refractivity contribution in [2.75, 3.05) is 7.05 Å². The van der Waals surface area contributed by atoms with Gasteiger partial charge in [-0.25, -0.2) is 4.39 Å². The van der Waals surface area contributed by atoms with Crippen molar-refractivity contribution >= 4 is 11.6 Å². The zero-order chi connectivity index (χ0) is 14.0. The van der Waals surface area contributed by atoms with Crippen molar-refractivity contribution in [1.29, 1.82) is 0 Å². The molecule has 0 amide bonds. The van der Waals surface area contributed by atoms with E-state index in [2.05, 4.69) is 25.2 Å². The van der Waals surface area contributed by atoms with Crippen LogP contribution in [-0.2, 0) is 0 Å².